The molecule has 0 amide bonds. The van der Waals surface area contributed by atoms with Gasteiger partial charge in [-0.05, 0) is 25.0 Å². The molecule has 1 aliphatic rings. The molecule has 3 rings (SSSR count). The second kappa shape index (κ2) is 4.62. The Kier molecular flexibility index (Phi) is 2.97. The highest BCUT2D eigenvalue weighted by atomic mass is 32.1. The average molecular weight is 265 g/mol. The SMILES string of the molecule is NCc1c(F)cccc1Oc1nc(C2CC2)ns1. The quantitative estimate of drug-likeness (QED) is 0.923. The van der Waals surface area contributed by atoms with Crippen LogP contribution >= 0.6 is 11.5 Å². The summed E-state index contributed by atoms with van der Waals surface area (Å²) < 4.78 is 23.3. The molecule has 1 heterocycles. The Morgan fingerprint density at radius 3 is 3.00 bits per heavy atom. The van der Waals surface area contributed by atoms with Gasteiger partial charge in [0.15, 0.2) is 0 Å². The van der Waals surface area contributed by atoms with E-state index in [4.69, 9.17) is 10.5 Å². The number of aromatic nitrogens is 2. The summed E-state index contributed by atoms with van der Waals surface area (Å²) in [5.74, 6) is 1.37. The first kappa shape index (κ1) is 11.6. The molecule has 0 atom stereocenters. The molecule has 2 aromatic rings. The zero-order valence-corrected chi connectivity index (χ0v) is 10.4. The molecule has 1 fully saturated rings. The summed E-state index contributed by atoms with van der Waals surface area (Å²) >= 11 is 1.19. The molecule has 1 aliphatic carbocycles. The highest BCUT2D eigenvalue weighted by Gasteiger charge is 2.28. The van der Waals surface area contributed by atoms with Crippen molar-refractivity contribution >= 4 is 11.5 Å². The summed E-state index contributed by atoms with van der Waals surface area (Å²) in [6.45, 7) is 0.0935. The first-order valence-electron chi connectivity index (χ1n) is 5.77. The summed E-state index contributed by atoms with van der Waals surface area (Å²) in [4.78, 5) is 4.29. The fourth-order valence-electron chi connectivity index (χ4n) is 1.70. The summed E-state index contributed by atoms with van der Waals surface area (Å²) in [6.07, 6.45) is 2.29. The molecule has 0 saturated heterocycles. The van der Waals surface area contributed by atoms with E-state index in [1.807, 2.05) is 0 Å². The lowest BCUT2D eigenvalue weighted by Gasteiger charge is -2.07. The number of hydrogen-bond donors (Lipinski definition) is 1. The van der Waals surface area contributed by atoms with E-state index in [0.717, 1.165) is 18.7 Å². The molecular formula is C12H12FN3OS. The highest BCUT2D eigenvalue weighted by molar-refractivity contribution is 7.07. The first-order valence-corrected chi connectivity index (χ1v) is 6.54. The summed E-state index contributed by atoms with van der Waals surface area (Å²) in [5, 5.41) is 0.442. The third kappa shape index (κ3) is 2.21. The zero-order chi connectivity index (χ0) is 12.5. The van der Waals surface area contributed by atoms with Crippen LogP contribution < -0.4 is 10.5 Å². The van der Waals surface area contributed by atoms with Crippen LogP contribution in [0.25, 0.3) is 0 Å². The zero-order valence-electron chi connectivity index (χ0n) is 9.60. The maximum atomic E-state index is 13.5. The van der Waals surface area contributed by atoms with Crippen molar-refractivity contribution in [2.24, 2.45) is 5.73 Å². The number of benzene rings is 1. The van der Waals surface area contributed by atoms with Crippen LogP contribution in [0.1, 0.15) is 30.1 Å². The van der Waals surface area contributed by atoms with Gasteiger partial charge in [0.25, 0.3) is 5.19 Å². The fraction of sp³-hybridized carbons (Fsp3) is 0.333. The summed E-state index contributed by atoms with van der Waals surface area (Å²) in [7, 11) is 0. The van der Waals surface area contributed by atoms with Crippen molar-refractivity contribution in [1.82, 2.24) is 9.36 Å². The second-order valence-corrected chi connectivity index (χ2v) is 4.93. The van der Waals surface area contributed by atoms with Gasteiger partial charge in [-0.3, -0.25) is 0 Å². The molecule has 0 bridgehead atoms. The average Bonchev–Trinajstić information content (AvgIpc) is 3.11. The van der Waals surface area contributed by atoms with Gasteiger partial charge in [-0.1, -0.05) is 6.07 Å². The molecule has 2 N–H and O–H groups in total. The molecule has 0 unspecified atom stereocenters. The number of ether oxygens (including phenoxy) is 1. The van der Waals surface area contributed by atoms with Crippen molar-refractivity contribution in [1.29, 1.82) is 0 Å². The largest absolute Gasteiger partial charge is 0.429 e. The number of nitrogens with two attached hydrogens (primary N) is 1. The molecule has 1 aromatic heterocycles. The van der Waals surface area contributed by atoms with Gasteiger partial charge in [0, 0.05) is 29.6 Å². The lowest BCUT2D eigenvalue weighted by atomic mass is 10.2. The normalized spacial score (nSPS) is 14.8. The van der Waals surface area contributed by atoms with Gasteiger partial charge in [0.2, 0.25) is 0 Å². The highest BCUT2D eigenvalue weighted by Crippen LogP contribution is 2.40. The number of nitrogens with zero attached hydrogens (tertiary/aromatic N) is 2. The Balaban J connectivity index is 1.84. The molecule has 6 heteroatoms. The summed E-state index contributed by atoms with van der Waals surface area (Å²) in [5.41, 5.74) is 5.88. The van der Waals surface area contributed by atoms with E-state index in [9.17, 15) is 4.39 Å². The van der Waals surface area contributed by atoms with E-state index in [1.165, 1.54) is 17.6 Å². The Labute approximate surface area is 108 Å². The minimum absolute atomic E-state index is 0.0935. The summed E-state index contributed by atoms with van der Waals surface area (Å²) in [6, 6.07) is 4.64. The van der Waals surface area contributed by atoms with Gasteiger partial charge in [0.05, 0.1) is 0 Å². The maximum Gasteiger partial charge on any atom is 0.298 e. The van der Waals surface area contributed by atoms with E-state index in [-0.39, 0.29) is 12.4 Å². The van der Waals surface area contributed by atoms with Crippen LogP contribution in [0.15, 0.2) is 18.2 Å². The van der Waals surface area contributed by atoms with Gasteiger partial charge < -0.3 is 10.5 Å². The van der Waals surface area contributed by atoms with E-state index in [2.05, 4.69) is 9.36 Å². The van der Waals surface area contributed by atoms with Gasteiger partial charge in [-0.2, -0.15) is 9.36 Å². The standard InChI is InChI=1S/C12H12FN3OS/c13-9-2-1-3-10(8(9)6-14)17-12-15-11(16-18-12)7-4-5-7/h1-3,7H,4-6,14H2. The van der Waals surface area contributed by atoms with E-state index >= 15 is 0 Å². The van der Waals surface area contributed by atoms with Crippen molar-refractivity contribution in [3.63, 3.8) is 0 Å². The predicted octanol–water partition coefficient (Wildman–Crippen LogP) is 2.81. The molecule has 4 nitrogen and oxygen atoms in total. The van der Waals surface area contributed by atoms with Crippen molar-refractivity contribution in [3.05, 3.63) is 35.4 Å². The molecule has 94 valence electrons. The predicted molar refractivity (Wildman–Crippen MR) is 66.2 cm³/mol. The number of rotatable bonds is 4. The molecule has 0 aliphatic heterocycles. The van der Waals surface area contributed by atoms with Crippen molar-refractivity contribution in [2.45, 2.75) is 25.3 Å². The number of hydrogen-bond acceptors (Lipinski definition) is 5. The lowest BCUT2D eigenvalue weighted by molar-refractivity contribution is 0.462. The van der Waals surface area contributed by atoms with Crippen LogP contribution in [-0.2, 0) is 6.54 Å². The molecule has 0 radical (unpaired) electrons. The van der Waals surface area contributed by atoms with Crippen molar-refractivity contribution in [2.75, 3.05) is 0 Å². The monoisotopic (exact) mass is 265 g/mol. The van der Waals surface area contributed by atoms with Crippen LogP contribution in [0.2, 0.25) is 0 Å². The Hall–Kier alpha value is -1.53. The number of halogens is 1. The van der Waals surface area contributed by atoms with Crippen LogP contribution in [0.3, 0.4) is 0 Å². The third-order valence-corrected chi connectivity index (χ3v) is 3.45. The van der Waals surface area contributed by atoms with Crippen molar-refractivity contribution in [3.8, 4) is 10.9 Å². The van der Waals surface area contributed by atoms with Crippen molar-refractivity contribution < 1.29 is 9.13 Å². The molecule has 18 heavy (non-hydrogen) atoms. The smallest absolute Gasteiger partial charge is 0.298 e. The minimum atomic E-state index is -0.359. The lowest BCUT2D eigenvalue weighted by Crippen LogP contribution is -2.02. The Bertz CT molecular complexity index is 568. The fourth-order valence-corrected chi connectivity index (χ4v) is 2.32. The van der Waals surface area contributed by atoms with E-state index in [0.29, 0.717) is 22.4 Å². The topological polar surface area (TPSA) is 61.0 Å². The molecular weight excluding hydrogens is 253 g/mol. The van der Waals surface area contributed by atoms with Crippen LogP contribution in [0.5, 0.6) is 10.9 Å². The van der Waals surface area contributed by atoms with Gasteiger partial charge in [0.1, 0.15) is 17.4 Å². The van der Waals surface area contributed by atoms with E-state index < -0.39 is 0 Å². The molecule has 1 aromatic carbocycles. The van der Waals surface area contributed by atoms with Crippen LogP contribution in [-0.4, -0.2) is 9.36 Å². The Morgan fingerprint density at radius 2 is 2.28 bits per heavy atom. The first-order chi connectivity index (χ1) is 8.78. The van der Waals surface area contributed by atoms with Gasteiger partial charge in [-0.15, -0.1) is 0 Å². The maximum absolute atomic E-state index is 13.5. The molecule has 1 saturated carbocycles. The van der Waals surface area contributed by atoms with Crippen LogP contribution in [0, 0.1) is 5.82 Å². The minimum Gasteiger partial charge on any atom is -0.429 e. The van der Waals surface area contributed by atoms with E-state index in [1.54, 1.807) is 12.1 Å². The molecule has 0 spiro atoms. The second-order valence-electron chi connectivity index (χ2n) is 4.22. The van der Waals surface area contributed by atoms with Crippen LogP contribution in [0.4, 0.5) is 4.39 Å². The third-order valence-electron chi connectivity index (χ3n) is 2.84. The van der Waals surface area contributed by atoms with Gasteiger partial charge in [-0.25, -0.2) is 4.39 Å². The van der Waals surface area contributed by atoms with Gasteiger partial charge >= 0.3 is 0 Å². The Morgan fingerprint density at radius 1 is 1.44 bits per heavy atom.